The summed E-state index contributed by atoms with van der Waals surface area (Å²) in [5.41, 5.74) is 0.722. The second kappa shape index (κ2) is 7.65. The number of hydrogen-bond donors (Lipinski definition) is 2. The first-order valence-corrected chi connectivity index (χ1v) is 5.42. The van der Waals surface area contributed by atoms with Gasteiger partial charge >= 0.3 is 0 Å². The predicted octanol–water partition coefficient (Wildman–Crippen LogP) is 0.870. The van der Waals surface area contributed by atoms with E-state index in [2.05, 4.69) is 10.6 Å². The summed E-state index contributed by atoms with van der Waals surface area (Å²) in [4.78, 5) is 11.3. The van der Waals surface area contributed by atoms with Crippen LogP contribution in [0.2, 0.25) is 0 Å². The van der Waals surface area contributed by atoms with Crippen molar-refractivity contribution in [2.45, 2.75) is 0 Å². The fourth-order valence-electron chi connectivity index (χ4n) is 1.27. The number of carbonyl (C=O) groups excluding carboxylic acids is 1. The molecule has 0 aliphatic heterocycles. The molecule has 5 nitrogen and oxygen atoms in total. The largest absolute Gasteiger partial charge is 0.491 e. The maximum atomic E-state index is 11.3. The first kappa shape index (κ1) is 13.5. The van der Waals surface area contributed by atoms with Crippen molar-refractivity contribution in [2.24, 2.45) is 0 Å². The summed E-state index contributed by atoms with van der Waals surface area (Å²) < 4.78 is 10.3. The second-order valence-corrected chi connectivity index (χ2v) is 3.45. The third kappa shape index (κ3) is 5.33. The Bertz CT molecular complexity index is 355. The number of carbonyl (C=O) groups is 1. The van der Waals surface area contributed by atoms with Crippen LogP contribution in [0, 0.1) is 0 Å². The van der Waals surface area contributed by atoms with Crippen molar-refractivity contribution in [3.05, 3.63) is 24.3 Å². The van der Waals surface area contributed by atoms with Gasteiger partial charge in [0.05, 0.1) is 13.2 Å². The normalized spacial score (nSPS) is 10.0. The summed E-state index contributed by atoms with van der Waals surface area (Å²) in [7, 11) is 3.35. The number of methoxy groups -OCH3 is 1. The third-order valence-corrected chi connectivity index (χ3v) is 2.01. The Kier molecular flexibility index (Phi) is 6.06. The lowest BCUT2D eigenvalue weighted by molar-refractivity contribution is -0.115. The molecule has 1 aromatic rings. The molecule has 17 heavy (non-hydrogen) atoms. The number of nitrogens with one attached hydrogen (secondary N) is 2. The SMILES string of the molecule is CNCC(=O)Nc1cccc(OCCOC)c1. The average Bonchev–Trinajstić information content (AvgIpc) is 2.30. The first-order chi connectivity index (χ1) is 8.26. The maximum absolute atomic E-state index is 11.3. The first-order valence-electron chi connectivity index (χ1n) is 5.42. The van der Waals surface area contributed by atoms with Gasteiger partial charge in [0.1, 0.15) is 12.4 Å². The van der Waals surface area contributed by atoms with Crippen LogP contribution in [-0.2, 0) is 9.53 Å². The van der Waals surface area contributed by atoms with Crippen molar-refractivity contribution in [1.29, 1.82) is 0 Å². The molecule has 0 aliphatic carbocycles. The van der Waals surface area contributed by atoms with Crippen LogP contribution in [0.15, 0.2) is 24.3 Å². The minimum Gasteiger partial charge on any atom is -0.491 e. The number of likely N-dealkylation sites (N-methyl/N-ethyl adjacent to an activating group) is 1. The molecular formula is C12H18N2O3. The number of anilines is 1. The van der Waals surface area contributed by atoms with E-state index >= 15 is 0 Å². The Balaban J connectivity index is 2.50. The smallest absolute Gasteiger partial charge is 0.238 e. The molecule has 0 fully saturated rings. The van der Waals surface area contributed by atoms with Gasteiger partial charge in [-0.05, 0) is 19.2 Å². The van der Waals surface area contributed by atoms with Crippen molar-refractivity contribution in [1.82, 2.24) is 5.32 Å². The molecule has 0 spiro atoms. The minimum atomic E-state index is -0.0819. The molecule has 0 radical (unpaired) electrons. The molecule has 2 N–H and O–H groups in total. The van der Waals surface area contributed by atoms with Crippen molar-refractivity contribution in [3.8, 4) is 5.75 Å². The molecule has 0 heterocycles. The summed E-state index contributed by atoms with van der Waals surface area (Å²) in [6, 6.07) is 7.26. The van der Waals surface area contributed by atoms with E-state index in [1.54, 1.807) is 20.2 Å². The highest BCUT2D eigenvalue weighted by atomic mass is 16.5. The van der Waals surface area contributed by atoms with Crippen molar-refractivity contribution in [3.63, 3.8) is 0 Å². The van der Waals surface area contributed by atoms with Gasteiger partial charge in [-0.15, -0.1) is 0 Å². The van der Waals surface area contributed by atoms with E-state index in [9.17, 15) is 4.79 Å². The molecule has 0 saturated carbocycles. The van der Waals surface area contributed by atoms with Crippen LogP contribution < -0.4 is 15.4 Å². The van der Waals surface area contributed by atoms with Gasteiger partial charge in [-0.25, -0.2) is 0 Å². The highest BCUT2D eigenvalue weighted by Crippen LogP contribution is 2.17. The van der Waals surface area contributed by atoms with E-state index in [1.165, 1.54) is 0 Å². The molecule has 1 aromatic carbocycles. The fraction of sp³-hybridized carbons (Fsp3) is 0.417. The molecular weight excluding hydrogens is 220 g/mol. The summed E-state index contributed by atoms with van der Waals surface area (Å²) in [5.74, 6) is 0.630. The van der Waals surface area contributed by atoms with Crippen molar-refractivity contribution < 1.29 is 14.3 Å². The quantitative estimate of drug-likeness (QED) is 0.692. The van der Waals surface area contributed by atoms with E-state index in [4.69, 9.17) is 9.47 Å². The van der Waals surface area contributed by atoms with Crippen LogP contribution in [-0.4, -0.2) is 39.8 Å². The topological polar surface area (TPSA) is 59.6 Å². The Morgan fingerprint density at radius 3 is 2.88 bits per heavy atom. The van der Waals surface area contributed by atoms with Crippen molar-refractivity contribution >= 4 is 11.6 Å². The fourth-order valence-corrected chi connectivity index (χ4v) is 1.27. The summed E-state index contributed by atoms with van der Waals surface area (Å²) in [6.07, 6.45) is 0. The number of benzene rings is 1. The molecule has 0 bridgehead atoms. The lowest BCUT2D eigenvalue weighted by Gasteiger charge is -2.08. The van der Waals surface area contributed by atoms with Gasteiger partial charge < -0.3 is 20.1 Å². The Morgan fingerprint density at radius 2 is 2.18 bits per heavy atom. The third-order valence-electron chi connectivity index (χ3n) is 2.01. The summed E-state index contributed by atoms with van der Waals surface area (Å²) >= 11 is 0. The highest BCUT2D eigenvalue weighted by Gasteiger charge is 2.01. The molecule has 94 valence electrons. The highest BCUT2D eigenvalue weighted by molar-refractivity contribution is 5.92. The van der Waals surface area contributed by atoms with E-state index in [0.717, 1.165) is 5.69 Å². The van der Waals surface area contributed by atoms with Gasteiger partial charge in [0.2, 0.25) is 5.91 Å². The molecule has 5 heteroatoms. The van der Waals surface area contributed by atoms with Gasteiger partial charge in [0.25, 0.3) is 0 Å². The van der Waals surface area contributed by atoms with Gasteiger partial charge in [0.15, 0.2) is 0 Å². The van der Waals surface area contributed by atoms with E-state index in [-0.39, 0.29) is 12.5 Å². The monoisotopic (exact) mass is 238 g/mol. The van der Waals surface area contributed by atoms with Crippen LogP contribution in [0.5, 0.6) is 5.75 Å². The van der Waals surface area contributed by atoms with Crippen molar-refractivity contribution in [2.75, 3.05) is 39.2 Å². The van der Waals surface area contributed by atoms with E-state index < -0.39 is 0 Å². The Hall–Kier alpha value is -1.59. The zero-order valence-electron chi connectivity index (χ0n) is 10.2. The minimum absolute atomic E-state index is 0.0819. The average molecular weight is 238 g/mol. The zero-order valence-corrected chi connectivity index (χ0v) is 10.2. The van der Waals surface area contributed by atoms with E-state index in [1.807, 2.05) is 18.2 Å². The Labute approximate surface area is 101 Å². The molecule has 1 rings (SSSR count). The molecule has 0 aliphatic rings. The second-order valence-electron chi connectivity index (χ2n) is 3.45. The number of ether oxygens (including phenoxy) is 2. The molecule has 0 aromatic heterocycles. The number of rotatable bonds is 7. The lowest BCUT2D eigenvalue weighted by atomic mass is 10.3. The summed E-state index contributed by atoms with van der Waals surface area (Å²) in [6.45, 7) is 1.31. The van der Waals surface area contributed by atoms with Crippen LogP contribution in [0.1, 0.15) is 0 Å². The zero-order chi connectivity index (χ0) is 12.5. The molecule has 1 amide bonds. The predicted molar refractivity (Wildman–Crippen MR) is 66.4 cm³/mol. The maximum Gasteiger partial charge on any atom is 0.238 e. The van der Waals surface area contributed by atoms with Gasteiger partial charge in [-0.3, -0.25) is 4.79 Å². The van der Waals surface area contributed by atoms with Gasteiger partial charge in [-0.2, -0.15) is 0 Å². The van der Waals surface area contributed by atoms with Crippen LogP contribution in [0.25, 0.3) is 0 Å². The van der Waals surface area contributed by atoms with Crippen LogP contribution in [0.3, 0.4) is 0 Å². The van der Waals surface area contributed by atoms with E-state index in [0.29, 0.717) is 19.0 Å². The molecule has 0 saturated heterocycles. The Morgan fingerprint density at radius 1 is 1.35 bits per heavy atom. The number of amides is 1. The summed E-state index contributed by atoms with van der Waals surface area (Å²) in [5, 5.41) is 5.55. The van der Waals surface area contributed by atoms with Crippen LogP contribution in [0.4, 0.5) is 5.69 Å². The van der Waals surface area contributed by atoms with Crippen LogP contribution >= 0.6 is 0 Å². The van der Waals surface area contributed by atoms with Gasteiger partial charge in [-0.1, -0.05) is 6.07 Å². The van der Waals surface area contributed by atoms with Gasteiger partial charge in [0, 0.05) is 18.9 Å². The standard InChI is InChI=1S/C12H18N2O3/c1-13-9-12(15)14-10-4-3-5-11(8-10)17-7-6-16-2/h3-5,8,13H,6-7,9H2,1-2H3,(H,14,15). The lowest BCUT2D eigenvalue weighted by Crippen LogP contribution is -2.25. The molecule has 0 atom stereocenters. The molecule has 0 unspecified atom stereocenters. The number of hydrogen-bond acceptors (Lipinski definition) is 4.